The zero-order chi connectivity index (χ0) is 13.8. The van der Waals surface area contributed by atoms with Crippen LogP contribution in [0, 0.1) is 5.82 Å². The molecule has 0 saturated carbocycles. The Morgan fingerprint density at radius 2 is 2.00 bits per heavy atom. The number of likely N-dealkylation sites (tertiary alicyclic amines) is 1. The molecule has 0 spiro atoms. The van der Waals surface area contributed by atoms with E-state index < -0.39 is 0 Å². The van der Waals surface area contributed by atoms with Gasteiger partial charge in [-0.1, -0.05) is 0 Å². The fourth-order valence-corrected chi connectivity index (χ4v) is 2.52. The Kier molecular flexibility index (Phi) is 4.50. The summed E-state index contributed by atoms with van der Waals surface area (Å²) in [5, 5.41) is 0. The first-order valence-corrected chi connectivity index (χ1v) is 7.13. The van der Waals surface area contributed by atoms with Gasteiger partial charge in [0.05, 0.1) is 25.9 Å². The first-order chi connectivity index (χ1) is 9.79. The highest BCUT2D eigenvalue weighted by Gasteiger charge is 2.29. The fraction of sp³-hybridized carbons (Fsp3) is 0.600. The number of benzene rings is 1. The predicted octanol–water partition coefficient (Wildman–Crippen LogP) is 1.69. The predicted molar refractivity (Wildman–Crippen MR) is 72.4 cm³/mol. The van der Waals surface area contributed by atoms with Crippen LogP contribution in [0.1, 0.15) is 6.42 Å². The van der Waals surface area contributed by atoms with Gasteiger partial charge in [-0.05, 0) is 30.7 Å². The average Bonchev–Trinajstić information content (AvgIpc) is 2.44. The Morgan fingerprint density at radius 1 is 1.20 bits per heavy atom. The summed E-state index contributed by atoms with van der Waals surface area (Å²) >= 11 is 0. The molecule has 1 unspecified atom stereocenters. The summed E-state index contributed by atoms with van der Waals surface area (Å²) in [5.74, 6) is 0.502. The zero-order valence-electron chi connectivity index (χ0n) is 11.5. The molecule has 4 nitrogen and oxygen atoms in total. The van der Waals surface area contributed by atoms with Gasteiger partial charge >= 0.3 is 0 Å². The van der Waals surface area contributed by atoms with Crippen LogP contribution in [0.2, 0.25) is 0 Å². The van der Waals surface area contributed by atoms with Gasteiger partial charge in [0.1, 0.15) is 17.7 Å². The number of nitrogens with zero attached hydrogens (tertiary/aromatic N) is 1. The highest BCUT2D eigenvalue weighted by Crippen LogP contribution is 2.19. The van der Waals surface area contributed by atoms with Crippen LogP contribution in [0.15, 0.2) is 24.3 Å². The van der Waals surface area contributed by atoms with Gasteiger partial charge in [-0.3, -0.25) is 4.90 Å². The van der Waals surface area contributed by atoms with Crippen LogP contribution in [0.5, 0.6) is 5.75 Å². The van der Waals surface area contributed by atoms with Gasteiger partial charge in [0.15, 0.2) is 0 Å². The molecule has 20 heavy (non-hydrogen) atoms. The number of hydrogen-bond acceptors (Lipinski definition) is 4. The quantitative estimate of drug-likeness (QED) is 0.822. The minimum Gasteiger partial charge on any atom is -0.488 e. The van der Waals surface area contributed by atoms with E-state index >= 15 is 0 Å². The molecule has 0 N–H and O–H groups in total. The van der Waals surface area contributed by atoms with Gasteiger partial charge in [-0.2, -0.15) is 0 Å². The van der Waals surface area contributed by atoms with Gasteiger partial charge in [0, 0.05) is 19.6 Å². The average molecular weight is 281 g/mol. The minimum absolute atomic E-state index is 0.212. The Bertz CT molecular complexity index is 414. The molecule has 1 aromatic carbocycles. The first kappa shape index (κ1) is 13.8. The lowest BCUT2D eigenvalue weighted by Crippen LogP contribution is -2.54. The van der Waals surface area contributed by atoms with Gasteiger partial charge in [0.2, 0.25) is 0 Å². The maximum atomic E-state index is 12.8. The standard InChI is InChI=1S/C15H20FNO3/c16-12-1-3-13(4-2-12)20-15-9-17(10-15)6-5-14-11-18-7-8-19-14/h1-4,14-15H,5-11H2. The van der Waals surface area contributed by atoms with Crippen molar-refractivity contribution in [3.8, 4) is 5.75 Å². The van der Waals surface area contributed by atoms with Crippen molar-refractivity contribution in [2.75, 3.05) is 39.5 Å². The van der Waals surface area contributed by atoms with Crippen molar-refractivity contribution in [3.63, 3.8) is 0 Å². The van der Waals surface area contributed by atoms with Crippen molar-refractivity contribution < 1.29 is 18.6 Å². The second kappa shape index (κ2) is 6.52. The largest absolute Gasteiger partial charge is 0.488 e. The lowest BCUT2D eigenvalue weighted by molar-refractivity contribution is -0.0964. The fourth-order valence-electron chi connectivity index (χ4n) is 2.52. The molecule has 2 saturated heterocycles. The van der Waals surface area contributed by atoms with Crippen molar-refractivity contribution in [1.29, 1.82) is 0 Å². The third-order valence-electron chi connectivity index (χ3n) is 3.69. The van der Waals surface area contributed by atoms with Crippen molar-refractivity contribution >= 4 is 0 Å². The second-order valence-corrected chi connectivity index (χ2v) is 5.31. The van der Waals surface area contributed by atoms with Crippen LogP contribution in [0.3, 0.4) is 0 Å². The van der Waals surface area contributed by atoms with E-state index in [0.717, 1.165) is 31.8 Å². The maximum absolute atomic E-state index is 12.8. The molecule has 3 rings (SSSR count). The monoisotopic (exact) mass is 281 g/mol. The van der Waals surface area contributed by atoms with E-state index in [1.54, 1.807) is 12.1 Å². The Hall–Kier alpha value is -1.17. The Labute approximate surface area is 118 Å². The number of ether oxygens (including phenoxy) is 3. The maximum Gasteiger partial charge on any atom is 0.124 e. The van der Waals surface area contributed by atoms with E-state index in [1.165, 1.54) is 12.1 Å². The summed E-state index contributed by atoms with van der Waals surface area (Å²) in [6, 6.07) is 6.19. The van der Waals surface area contributed by atoms with Crippen LogP contribution in [0.4, 0.5) is 4.39 Å². The van der Waals surface area contributed by atoms with E-state index in [-0.39, 0.29) is 18.0 Å². The van der Waals surface area contributed by atoms with Crippen LogP contribution in [-0.4, -0.2) is 56.6 Å². The molecule has 2 heterocycles. The molecular formula is C15H20FNO3. The molecule has 0 aliphatic carbocycles. The van der Waals surface area contributed by atoms with Crippen LogP contribution in [0.25, 0.3) is 0 Å². The summed E-state index contributed by atoms with van der Waals surface area (Å²) in [6.45, 7) is 4.99. The third-order valence-corrected chi connectivity index (χ3v) is 3.69. The number of hydrogen-bond donors (Lipinski definition) is 0. The Morgan fingerprint density at radius 3 is 2.70 bits per heavy atom. The number of rotatable bonds is 5. The summed E-state index contributed by atoms with van der Waals surface area (Å²) in [6.07, 6.45) is 1.45. The molecule has 0 aromatic heterocycles. The summed E-state index contributed by atoms with van der Waals surface area (Å²) in [4.78, 5) is 2.34. The smallest absolute Gasteiger partial charge is 0.124 e. The minimum atomic E-state index is -0.234. The molecule has 2 fully saturated rings. The molecule has 110 valence electrons. The molecule has 0 bridgehead atoms. The van der Waals surface area contributed by atoms with E-state index in [4.69, 9.17) is 14.2 Å². The van der Waals surface area contributed by atoms with Gasteiger partial charge < -0.3 is 14.2 Å². The molecule has 0 amide bonds. The lowest BCUT2D eigenvalue weighted by atomic mass is 10.1. The van der Waals surface area contributed by atoms with E-state index in [2.05, 4.69) is 4.90 Å². The summed E-state index contributed by atoms with van der Waals surface area (Å²) in [7, 11) is 0. The van der Waals surface area contributed by atoms with Crippen LogP contribution < -0.4 is 4.74 Å². The lowest BCUT2D eigenvalue weighted by Gasteiger charge is -2.39. The van der Waals surface area contributed by atoms with E-state index in [9.17, 15) is 4.39 Å². The van der Waals surface area contributed by atoms with E-state index in [1.807, 2.05) is 0 Å². The molecule has 2 aliphatic rings. The van der Waals surface area contributed by atoms with Crippen molar-refractivity contribution in [2.45, 2.75) is 18.6 Å². The molecule has 0 radical (unpaired) electrons. The van der Waals surface area contributed by atoms with Gasteiger partial charge in [-0.25, -0.2) is 4.39 Å². The topological polar surface area (TPSA) is 30.9 Å². The van der Waals surface area contributed by atoms with Gasteiger partial charge in [-0.15, -0.1) is 0 Å². The Balaban J connectivity index is 1.33. The third kappa shape index (κ3) is 3.69. The molecule has 1 aromatic rings. The van der Waals surface area contributed by atoms with E-state index in [0.29, 0.717) is 19.8 Å². The molecular weight excluding hydrogens is 261 g/mol. The highest BCUT2D eigenvalue weighted by molar-refractivity contribution is 5.22. The van der Waals surface area contributed by atoms with Crippen molar-refractivity contribution in [2.24, 2.45) is 0 Å². The molecule has 1 atom stereocenters. The summed E-state index contributed by atoms with van der Waals surface area (Å²) in [5.41, 5.74) is 0. The zero-order valence-corrected chi connectivity index (χ0v) is 11.5. The SMILES string of the molecule is Fc1ccc(OC2CN(CCC3COCCO3)C2)cc1. The van der Waals surface area contributed by atoms with Crippen molar-refractivity contribution in [3.05, 3.63) is 30.1 Å². The van der Waals surface area contributed by atoms with Crippen molar-refractivity contribution in [1.82, 2.24) is 4.90 Å². The second-order valence-electron chi connectivity index (χ2n) is 5.31. The number of halogens is 1. The van der Waals surface area contributed by atoms with Crippen LogP contribution in [-0.2, 0) is 9.47 Å². The normalized spacial score (nSPS) is 24.4. The van der Waals surface area contributed by atoms with Gasteiger partial charge in [0.25, 0.3) is 0 Å². The van der Waals surface area contributed by atoms with Crippen LogP contribution >= 0.6 is 0 Å². The molecule has 2 aliphatic heterocycles. The molecule has 5 heteroatoms. The summed E-state index contributed by atoms with van der Waals surface area (Å²) < 4.78 is 29.5. The highest BCUT2D eigenvalue weighted by atomic mass is 19.1. The first-order valence-electron chi connectivity index (χ1n) is 7.13.